The van der Waals surface area contributed by atoms with Crippen LogP contribution in [-0.4, -0.2) is 46.2 Å². The number of hydrogen-bond acceptors (Lipinski definition) is 5. The first-order valence-electron chi connectivity index (χ1n) is 9.20. The van der Waals surface area contributed by atoms with Crippen molar-refractivity contribution >= 4 is 22.8 Å². The number of rotatable bonds is 3. The molecule has 3 rings (SSSR count). The van der Waals surface area contributed by atoms with Crippen LogP contribution in [0.15, 0.2) is 24.7 Å². The fourth-order valence-corrected chi connectivity index (χ4v) is 3.52. The summed E-state index contributed by atoms with van der Waals surface area (Å²) >= 11 is 0. The maximum Gasteiger partial charge on any atom is 0.393 e. The molecular weight excluding hydrogens is 371 g/mol. The zero-order valence-corrected chi connectivity index (χ0v) is 16.1. The van der Waals surface area contributed by atoms with E-state index in [1.165, 1.54) is 18.6 Å². The lowest BCUT2D eigenvalue weighted by molar-refractivity contribution is -0.178. The lowest BCUT2D eigenvalue weighted by Gasteiger charge is -2.40. The van der Waals surface area contributed by atoms with Gasteiger partial charge in [-0.2, -0.15) is 13.2 Å². The number of alkyl halides is 3. The van der Waals surface area contributed by atoms with E-state index in [4.69, 9.17) is 0 Å². The molecule has 1 aliphatic rings. The molecule has 28 heavy (non-hydrogen) atoms. The largest absolute Gasteiger partial charge is 0.393 e. The van der Waals surface area contributed by atoms with Crippen LogP contribution in [0.25, 0.3) is 11.2 Å². The summed E-state index contributed by atoms with van der Waals surface area (Å²) in [5.74, 6) is -1.78. The third-order valence-electron chi connectivity index (χ3n) is 4.66. The Labute approximate surface area is 161 Å². The first-order valence-corrected chi connectivity index (χ1v) is 9.20. The van der Waals surface area contributed by atoms with Crippen LogP contribution < -0.4 is 10.2 Å². The van der Waals surface area contributed by atoms with Crippen molar-refractivity contribution in [2.45, 2.75) is 45.8 Å². The van der Waals surface area contributed by atoms with E-state index in [1.54, 1.807) is 11.0 Å². The molecule has 9 heteroatoms. The maximum absolute atomic E-state index is 13.5. The molecule has 1 saturated heterocycles. The van der Waals surface area contributed by atoms with Gasteiger partial charge in [-0.25, -0.2) is 15.0 Å². The minimum atomic E-state index is -4.35. The van der Waals surface area contributed by atoms with Crippen molar-refractivity contribution in [3.05, 3.63) is 24.7 Å². The predicted octanol–water partition coefficient (Wildman–Crippen LogP) is 3.33. The summed E-state index contributed by atoms with van der Waals surface area (Å²) in [6.45, 7) is 5.84. The fourth-order valence-electron chi connectivity index (χ4n) is 3.52. The van der Waals surface area contributed by atoms with Gasteiger partial charge in [-0.3, -0.25) is 4.79 Å². The van der Waals surface area contributed by atoms with Crippen LogP contribution in [-0.2, 0) is 4.79 Å². The Hall–Kier alpha value is -2.45. The number of fused-ring (bicyclic) bond motifs is 1. The van der Waals surface area contributed by atoms with Crippen LogP contribution in [0.3, 0.4) is 0 Å². The van der Waals surface area contributed by atoms with Crippen LogP contribution in [0, 0.1) is 11.3 Å². The highest BCUT2D eigenvalue weighted by molar-refractivity contribution is 5.85. The molecule has 1 fully saturated rings. The Balaban J connectivity index is 1.87. The number of piperidine rings is 1. The van der Waals surface area contributed by atoms with Crippen LogP contribution in [0.2, 0.25) is 0 Å². The number of anilines is 1. The number of nitrogens with zero attached hydrogens (tertiary/aromatic N) is 4. The Morgan fingerprint density at radius 2 is 1.82 bits per heavy atom. The number of aromatic nitrogens is 3. The molecule has 3 heterocycles. The van der Waals surface area contributed by atoms with Crippen molar-refractivity contribution < 1.29 is 18.0 Å². The third kappa shape index (κ3) is 4.88. The van der Waals surface area contributed by atoms with Gasteiger partial charge in [-0.15, -0.1) is 0 Å². The molecule has 2 unspecified atom stereocenters. The van der Waals surface area contributed by atoms with Gasteiger partial charge in [0.15, 0.2) is 5.65 Å². The van der Waals surface area contributed by atoms with Gasteiger partial charge in [0.1, 0.15) is 5.52 Å². The van der Waals surface area contributed by atoms with E-state index in [2.05, 4.69) is 20.3 Å². The van der Waals surface area contributed by atoms with Crippen molar-refractivity contribution in [3.63, 3.8) is 0 Å². The summed E-state index contributed by atoms with van der Waals surface area (Å²) < 4.78 is 40.6. The van der Waals surface area contributed by atoms with Gasteiger partial charge < -0.3 is 10.2 Å². The van der Waals surface area contributed by atoms with Crippen LogP contribution in [0.1, 0.15) is 33.6 Å². The molecule has 0 radical (unpaired) electrons. The van der Waals surface area contributed by atoms with E-state index in [1.807, 2.05) is 20.8 Å². The van der Waals surface area contributed by atoms with E-state index in [0.717, 1.165) is 0 Å². The Bertz CT molecular complexity index is 844. The molecule has 0 saturated carbocycles. The Morgan fingerprint density at radius 3 is 2.50 bits per heavy atom. The van der Waals surface area contributed by atoms with Gasteiger partial charge in [-0.1, -0.05) is 20.8 Å². The standard InChI is InChI=1S/C19H24F3N5O/c1-18(2,3)9-15(28)26-13-8-12(19(20,21)22)10-27(11-13)14-4-5-24-17-16(14)23-6-7-25-17/h4-7,12-13H,8-11H2,1-3H3,(H,26,28). The molecule has 6 nitrogen and oxygen atoms in total. The third-order valence-corrected chi connectivity index (χ3v) is 4.66. The quantitative estimate of drug-likeness (QED) is 0.863. The second-order valence-electron chi connectivity index (χ2n) is 8.44. The number of hydrogen-bond donors (Lipinski definition) is 1. The van der Waals surface area contributed by atoms with Crippen LogP contribution in [0.5, 0.6) is 0 Å². The molecular formula is C19H24F3N5O. The zero-order valence-electron chi connectivity index (χ0n) is 16.1. The SMILES string of the molecule is CC(C)(C)CC(=O)NC1CC(C(F)(F)F)CN(c2ccnc3nccnc23)C1. The topological polar surface area (TPSA) is 71.0 Å². The number of amides is 1. The van der Waals surface area contributed by atoms with E-state index in [0.29, 0.717) is 16.9 Å². The smallest absolute Gasteiger partial charge is 0.367 e. The van der Waals surface area contributed by atoms with Gasteiger partial charge in [-0.05, 0) is 17.9 Å². The maximum atomic E-state index is 13.5. The summed E-state index contributed by atoms with van der Waals surface area (Å²) in [5.41, 5.74) is 1.14. The lowest BCUT2D eigenvalue weighted by atomic mass is 9.90. The molecule has 2 aromatic heterocycles. The molecule has 0 aromatic carbocycles. The summed E-state index contributed by atoms with van der Waals surface area (Å²) in [6, 6.07) is 1.04. The van der Waals surface area contributed by atoms with Crippen molar-refractivity contribution in [2.24, 2.45) is 11.3 Å². The van der Waals surface area contributed by atoms with Gasteiger partial charge in [0.25, 0.3) is 0 Å². The molecule has 2 aromatic rings. The average Bonchev–Trinajstić information content (AvgIpc) is 2.58. The van der Waals surface area contributed by atoms with Crippen LogP contribution >= 0.6 is 0 Å². The number of carbonyl (C=O) groups excluding carboxylic acids is 1. The fraction of sp³-hybridized carbons (Fsp3) is 0.579. The Kier molecular flexibility index (Phi) is 5.45. The summed E-state index contributed by atoms with van der Waals surface area (Å²) in [7, 11) is 0. The van der Waals surface area contributed by atoms with Crippen molar-refractivity contribution in [2.75, 3.05) is 18.0 Å². The normalized spacial score (nSPS) is 21.0. The van der Waals surface area contributed by atoms with E-state index < -0.39 is 18.1 Å². The molecule has 0 aliphatic carbocycles. The molecule has 0 bridgehead atoms. The number of nitrogens with one attached hydrogen (secondary N) is 1. The zero-order chi connectivity index (χ0) is 20.5. The lowest BCUT2D eigenvalue weighted by Crippen LogP contribution is -2.54. The second kappa shape index (κ2) is 7.52. The molecule has 1 aliphatic heterocycles. The first-order chi connectivity index (χ1) is 13.0. The summed E-state index contributed by atoms with van der Waals surface area (Å²) in [6.07, 6.45) is 0.260. The number of halogens is 3. The highest BCUT2D eigenvalue weighted by Gasteiger charge is 2.45. The van der Waals surface area contributed by atoms with E-state index in [9.17, 15) is 18.0 Å². The van der Waals surface area contributed by atoms with Crippen LogP contribution in [0.4, 0.5) is 18.9 Å². The van der Waals surface area contributed by atoms with Crippen molar-refractivity contribution in [3.8, 4) is 0 Å². The van der Waals surface area contributed by atoms with Gasteiger partial charge in [0.2, 0.25) is 5.91 Å². The highest BCUT2D eigenvalue weighted by atomic mass is 19.4. The van der Waals surface area contributed by atoms with Gasteiger partial charge >= 0.3 is 6.18 Å². The molecule has 1 amide bonds. The number of carbonyl (C=O) groups is 1. The summed E-state index contributed by atoms with van der Waals surface area (Å²) in [4.78, 5) is 26.4. The second-order valence-corrected chi connectivity index (χ2v) is 8.44. The van der Waals surface area contributed by atoms with Crippen molar-refractivity contribution in [1.29, 1.82) is 0 Å². The van der Waals surface area contributed by atoms with Crippen molar-refractivity contribution in [1.82, 2.24) is 20.3 Å². The minimum Gasteiger partial charge on any atom is -0.367 e. The monoisotopic (exact) mass is 395 g/mol. The molecule has 0 spiro atoms. The summed E-state index contributed by atoms with van der Waals surface area (Å²) in [5, 5.41) is 2.79. The first kappa shape index (κ1) is 20.3. The number of pyridine rings is 1. The predicted molar refractivity (Wildman–Crippen MR) is 99.7 cm³/mol. The van der Waals surface area contributed by atoms with Gasteiger partial charge in [0, 0.05) is 44.1 Å². The highest BCUT2D eigenvalue weighted by Crippen LogP contribution is 2.36. The van der Waals surface area contributed by atoms with Gasteiger partial charge in [0.05, 0.1) is 11.6 Å². The molecule has 1 N–H and O–H groups in total. The van der Waals surface area contributed by atoms with E-state index >= 15 is 0 Å². The minimum absolute atomic E-state index is 0.134. The van der Waals surface area contributed by atoms with E-state index in [-0.39, 0.29) is 37.3 Å². The molecule has 152 valence electrons. The average molecular weight is 395 g/mol. The molecule has 2 atom stereocenters. The Morgan fingerprint density at radius 1 is 1.14 bits per heavy atom.